The molecule has 1 aromatic heterocycles. The Kier molecular flexibility index (Phi) is 11.6. The van der Waals surface area contributed by atoms with Crippen LogP contribution < -0.4 is 16.0 Å². The quantitative estimate of drug-likeness (QED) is 0.201. The van der Waals surface area contributed by atoms with Crippen LogP contribution in [0.2, 0.25) is 0 Å². The third-order valence-corrected chi connectivity index (χ3v) is 4.31. The fourth-order valence-electron chi connectivity index (χ4n) is 2.75. The van der Waals surface area contributed by atoms with Crippen LogP contribution in [0.4, 0.5) is 5.69 Å². The van der Waals surface area contributed by atoms with Crippen LogP contribution in [0.5, 0.6) is 0 Å². The molecule has 8 heteroatoms. The highest BCUT2D eigenvalue weighted by Crippen LogP contribution is 2.15. The lowest BCUT2D eigenvalue weighted by molar-refractivity contribution is 0.211. The molecule has 0 aliphatic rings. The fourth-order valence-corrected chi connectivity index (χ4v) is 2.75. The summed E-state index contributed by atoms with van der Waals surface area (Å²) >= 11 is 0. The molecule has 0 spiro atoms. The highest BCUT2D eigenvalue weighted by Gasteiger charge is 2.13. The van der Waals surface area contributed by atoms with Gasteiger partial charge >= 0.3 is 0 Å². The number of benzene rings is 1. The molecule has 28 heavy (non-hydrogen) atoms. The van der Waals surface area contributed by atoms with Crippen molar-refractivity contribution in [3.05, 3.63) is 46.8 Å². The second-order valence-corrected chi connectivity index (χ2v) is 6.13. The van der Waals surface area contributed by atoms with E-state index in [4.69, 9.17) is 9.26 Å². The summed E-state index contributed by atoms with van der Waals surface area (Å²) in [6, 6.07) is 8.34. The van der Waals surface area contributed by atoms with Gasteiger partial charge in [-0.2, -0.15) is 0 Å². The number of aliphatic imine (C=N–C) groups is 1. The Morgan fingerprint density at radius 1 is 1.11 bits per heavy atom. The monoisotopic (exact) mass is 501 g/mol. The smallest absolute Gasteiger partial charge is 0.191 e. The van der Waals surface area contributed by atoms with Crippen LogP contribution in [0.25, 0.3) is 0 Å². The normalized spacial score (nSPS) is 11.1. The Hall–Kier alpha value is -1.81. The number of methoxy groups -OCH3 is 1. The number of nitrogens with one attached hydrogen (secondary N) is 3. The van der Waals surface area contributed by atoms with Gasteiger partial charge in [-0.25, -0.2) is 0 Å². The molecule has 7 nitrogen and oxygen atoms in total. The Labute approximate surface area is 184 Å². The van der Waals surface area contributed by atoms with Gasteiger partial charge in [-0.15, -0.1) is 24.0 Å². The number of hydrogen-bond donors (Lipinski definition) is 3. The van der Waals surface area contributed by atoms with E-state index in [1.807, 2.05) is 0 Å². The van der Waals surface area contributed by atoms with Gasteiger partial charge in [0.2, 0.25) is 0 Å². The van der Waals surface area contributed by atoms with Crippen molar-refractivity contribution < 1.29 is 9.26 Å². The molecule has 3 N–H and O–H groups in total. The molecule has 0 unspecified atom stereocenters. The lowest BCUT2D eigenvalue weighted by Gasteiger charge is -2.13. The van der Waals surface area contributed by atoms with Crippen LogP contribution >= 0.6 is 24.0 Å². The summed E-state index contributed by atoms with van der Waals surface area (Å²) < 4.78 is 10.5. The summed E-state index contributed by atoms with van der Waals surface area (Å²) in [6.45, 7) is 7.00. The second-order valence-electron chi connectivity index (χ2n) is 6.13. The van der Waals surface area contributed by atoms with Crippen LogP contribution in [0, 0.1) is 0 Å². The lowest BCUT2D eigenvalue weighted by Crippen LogP contribution is -2.36. The first kappa shape index (κ1) is 24.2. The molecule has 0 aliphatic heterocycles. The molecule has 0 aliphatic carbocycles. The molecule has 0 saturated heterocycles. The zero-order valence-electron chi connectivity index (χ0n) is 17.2. The van der Waals surface area contributed by atoms with Crippen LogP contribution in [0.1, 0.15) is 36.4 Å². The highest BCUT2D eigenvalue weighted by molar-refractivity contribution is 14.0. The summed E-state index contributed by atoms with van der Waals surface area (Å²) in [6.07, 6.45) is 1.69. The molecule has 0 amide bonds. The number of aromatic nitrogens is 1. The molecule has 0 bridgehead atoms. The minimum absolute atomic E-state index is 0. The predicted octanol–water partition coefficient (Wildman–Crippen LogP) is 3.34. The van der Waals surface area contributed by atoms with Crippen molar-refractivity contribution in [2.75, 3.05) is 32.6 Å². The SMILES string of the molecule is CCc1noc(CC)c1CNC(=NC)NCc1ccc(NCCOC)cc1.I. The first-order valence-electron chi connectivity index (χ1n) is 9.44. The third kappa shape index (κ3) is 7.31. The fraction of sp³-hybridized carbons (Fsp3) is 0.500. The molecule has 0 saturated carbocycles. The zero-order valence-corrected chi connectivity index (χ0v) is 19.5. The zero-order chi connectivity index (χ0) is 19.5. The van der Waals surface area contributed by atoms with Gasteiger partial charge in [0.15, 0.2) is 5.96 Å². The minimum atomic E-state index is 0. The van der Waals surface area contributed by atoms with E-state index in [0.717, 1.165) is 48.1 Å². The maximum atomic E-state index is 5.41. The van der Waals surface area contributed by atoms with E-state index in [2.05, 4.69) is 64.2 Å². The lowest BCUT2D eigenvalue weighted by atomic mass is 10.1. The Morgan fingerprint density at radius 2 is 1.82 bits per heavy atom. The molecule has 1 heterocycles. The standard InChI is InChI=1S/C20H31N5O2.HI/c1-5-18-17(19(6-2)27-25-18)14-24-20(21-3)23-13-15-7-9-16(10-8-15)22-11-12-26-4;/h7-10,22H,5-6,11-14H2,1-4H3,(H2,21,23,24);1H. The van der Waals surface area contributed by atoms with Crippen molar-refractivity contribution in [1.29, 1.82) is 0 Å². The van der Waals surface area contributed by atoms with Gasteiger partial charge in [0.25, 0.3) is 0 Å². The number of halogens is 1. The molecule has 156 valence electrons. The summed E-state index contributed by atoms with van der Waals surface area (Å²) in [4.78, 5) is 4.30. The maximum Gasteiger partial charge on any atom is 0.191 e. The van der Waals surface area contributed by atoms with Crippen molar-refractivity contribution in [2.45, 2.75) is 39.8 Å². The van der Waals surface area contributed by atoms with Gasteiger partial charge in [-0.3, -0.25) is 4.99 Å². The van der Waals surface area contributed by atoms with Crippen LogP contribution in [0.3, 0.4) is 0 Å². The van der Waals surface area contributed by atoms with Gasteiger partial charge in [0, 0.05) is 51.5 Å². The van der Waals surface area contributed by atoms with E-state index in [1.165, 1.54) is 5.56 Å². The highest BCUT2D eigenvalue weighted by atomic mass is 127. The van der Waals surface area contributed by atoms with Gasteiger partial charge in [-0.05, 0) is 24.1 Å². The predicted molar refractivity (Wildman–Crippen MR) is 125 cm³/mol. The van der Waals surface area contributed by atoms with E-state index in [9.17, 15) is 0 Å². The van der Waals surface area contributed by atoms with E-state index in [-0.39, 0.29) is 24.0 Å². The van der Waals surface area contributed by atoms with Crippen molar-refractivity contribution in [1.82, 2.24) is 15.8 Å². The Morgan fingerprint density at radius 3 is 2.43 bits per heavy atom. The number of aryl methyl sites for hydroxylation is 2. The number of ether oxygens (including phenoxy) is 1. The number of guanidine groups is 1. The number of nitrogens with zero attached hydrogens (tertiary/aromatic N) is 2. The number of anilines is 1. The van der Waals surface area contributed by atoms with E-state index >= 15 is 0 Å². The average molecular weight is 501 g/mol. The van der Waals surface area contributed by atoms with Crippen molar-refractivity contribution >= 4 is 35.6 Å². The number of hydrogen-bond acceptors (Lipinski definition) is 5. The molecular weight excluding hydrogens is 469 g/mol. The summed E-state index contributed by atoms with van der Waals surface area (Å²) in [5, 5.41) is 14.2. The van der Waals surface area contributed by atoms with E-state index in [1.54, 1.807) is 14.2 Å². The van der Waals surface area contributed by atoms with Gasteiger partial charge in [0.1, 0.15) is 5.76 Å². The first-order chi connectivity index (χ1) is 13.2. The topological polar surface area (TPSA) is 83.7 Å². The Bertz CT molecular complexity index is 694. The van der Waals surface area contributed by atoms with Crippen molar-refractivity contribution in [3.8, 4) is 0 Å². The average Bonchev–Trinajstić information content (AvgIpc) is 3.11. The van der Waals surface area contributed by atoms with E-state index in [0.29, 0.717) is 19.7 Å². The van der Waals surface area contributed by atoms with Crippen LogP contribution in [-0.2, 0) is 30.7 Å². The van der Waals surface area contributed by atoms with Crippen LogP contribution in [0.15, 0.2) is 33.8 Å². The largest absolute Gasteiger partial charge is 0.383 e. The van der Waals surface area contributed by atoms with Crippen molar-refractivity contribution in [3.63, 3.8) is 0 Å². The van der Waals surface area contributed by atoms with Crippen LogP contribution in [-0.4, -0.2) is 38.4 Å². The first-order valence-corrected chi connectivity index (χ1v) is 9.44. The number of rotatable bonds is 10. The molecule has 1 aromatic carbocycles. The second kappa shape index (κ2) is 13.4. The molecule has 2 rings (SSSR count). The maximum absolute atomic E-state index is 5.41. The summed E-state index contributed by atoms with van der Waals surface area (Å²) in [5.74, 6) is 1.69. The molecular formula is C20H32IN5O2. The van der Waals surface area contributed by atoms with E-state index < -0.39 is 0 Å². The summed E-state index contributed by atoms with van der Waals surface area (Å²) in [5.41, 5.74) is 4.41. The van der Waals surface area contributed by atoms with Gasteiger partial charge in [-0.1, -0.05) is 31.1 Å². The molecule has 0 radical (unpaired) electrons. The Balaban J connectivity index is 0.00000392. The van der Waals surface area contributed by atoms with Gasteiger partial charge in [0.05, 0.1) is 12.3 Å². The van der Waals surface area contributed by atoms with Gasteiger partial charge < -0.3 is 25.2 Å². The third-order valence-electron chi connectivity index (χ3n) is 4.31. The minimum Gasteiger partial charge on any atom is -0.383 e. The summed E-state index contributed by atoms with van der Waals surface area (Å²) in [7, 11) is 3.47. The molecule has 2 aromatic rings. The molecule has 0 atom stereocenters. The van der Waals surface area contributed by atoms with Crippen molar-refractivity contribution in [2.24, 2.45) is 4.99 Å². The molecule has 0 fully saturated rings.